The van der Waals surface area contributed by atoms with E-state index in [1.165, 1.54) is 32.1 Å². The number of anilines is 1. The first-order valence-corrected chi connectivity index (χ1v) is 12.7. The second-order valence-electron chi connectivity index (χ2n) is 9.58. The van der Waals surface area contributed by atoms with Crippen molar-refractivity contribution in [1.29, 1.82) is 0 Å². The number of aryl methyl sites for hydroxylation is 1. The summed E-state index contributed by atoms with van der Waals surface area (Å²) in [4.78, 5) is 27.6. The van der Waals surface area contributed by atoms with E-state index in [0.29, 0.717) is 19.0 Å². The highest BCUT2D eigenvalue weighted by atomic mass is 16.5. The smallest absolute Gasteiger partial charge is 0.253 e. The van der Waals surface area contributed by atoms with Crippen molar-refractivity contribution in [2.75, 3.05) is 38.2 Å². The molecule has 0 bridgehead atoms. The predicted octanol–water partition coefficient (Wildman–Crippen LogP) is 4.20. The molecule has 1 saturated heterocycles. The van der Waals surface area contributed by atoms with Gasteiger partial charge in [-0.1, -0.05) is 31.4 Å². The average molecular weight is 467 g/mol. The lowest BCUT2D eigenvalue weighted by atomic mass is 9.95. The molecule has 2 fully saturated rings. The van der Waals surface area contributed by atoms with Crippen LogP contribution >= 0.6 is 0 Å². The van der Waals surface area contributed by atoms with Crippen LogP contribution in [0.15, 0.2) is 30.3 Å². The first kappa shape index (κ1) is 24.5. The molecule has 7 nitrogen and oxygen atoms in total. The summed E-state index contributed by atoms with van der Waals surface area (Å²) in [5.41, 5.74) is 4.70. The lowest BCUT2D eigenvalue weighted by Gasteiger charge is -2.26. The van der Waals surface area contributed by atoms with Crippen molar-refractivity contribution in [2.45, 2.75) is 65.0 Å². The molecular weight excluding hydrogens is 428 g/mol. The van der Waals surface area contributed by atoms with Gasteiger partial charge in [0.2, 0.25) is 5.91 Å². The molecule has 2 heterocycles. The molecule has 2 N–H and O–H groups in total. The van der Waals surface area contributed by atoms with Crippen LogP contribution in [0.4, 0.5) is 5.69 Å². The third kappa shape index (κ3) is 6.27. The van der Waals surface area contributed by atoms with E-state index in [-0.39, 0.29) is 11.8 Å². The maximum absolute atomic E-state index is 13.0. The van der Waals surface area contributed by atoms with Crippen LogP contribution in [0, 0.1) is 13.8 Å². The van der Waals surface area contributed by atoms with Gasteiger partial charge in [-0.25, -0.2) is 0 Å². The molecule has 0 atom stereocenters. The maximum atomic E-state index is 13.0. The normalized spacial score (nSPS) is 17.5. The molecule has 0 spiro atoms. The van der Waals surface area contributed by atoms with Crippen molar-refractivity contribution in [3.63, 3.8) is 0 Å². The number of carbonyl (C=O) groups is 2. The van der Waals surface area contributed by atoms with E-state index in [0.717, 1.165) is 61.1 Å². The molecule has 2 aromatic rings. The van der Waals surface area contributed by atoms with Crippen molar-refractivity contribution >= 4 is 17.5 Å². The zero-order valence-corrected chi connectivity index (χ0v) is 20.6. The van der Waals surface area contributed by atoms with Crippen LogP contribution < -0.4 is 10.6 Å². The molecule has 184 valence electrons. The fourth-order valence-electron chi connectivity index (χ4n) is 5.25. The molecule has 1 aromatic carbocycles. The van der Waals surface area contributed by atoms with Crippen LogP contribution in [-0.4, -0.2) is 54.1 Å². The Morgan fingerprint density at radius 2 is 1.82 bits per heavy atom. The second kappa shape index (κ2) is 11.7. The highest BCUT2D eigenvalue weighted by Crippen LogP contribution is 2.32. The molecule has 1 aromatic heterocycles. The Kier molecular flexibility index (Phi) is 8.40. The van der Waals surface area contributed by atoms with Gasteiger partial charge in [0.15, 0.2) is 0 Å². The SMILES string of the molecule is Cc1cc(C(=O)NCc2cccc(NC(=O)CCN3CCOCC3)c2)c(C)n1C1CCCCC1. The summed E-state index contributed by atoms with van der Waals surface area (Å²) in [7, 11) is 0. The Morgan fingerprint density at radius 1 is 1.06 bits per heavy atom. The monoisotopic (exact) mass is 466 g/mol. The Balaban J connectivity index is 1.30. The molecular formula is C27H38N4O3. The largest absolute Gasteiger partial charge is 0.379 e. The standard InChI is InChI=1S/C27H38N4O3/c1-20-17-25(21(2)31(20)24-9-4-3-5-10-24)27(33)28-19-22-7-6-8-23(18-22)29-26(32)11-12-30-13-15-34-16-14-30/h6-8,17-18,24H,3-5,9-16,19H2,1-2H3,(H,28,33)(H,29,32). The minimum atomic E-state index is -0.0462. The van der Waals surface area contributed by atoms with E-state index >= 15 is 0 Å². The van der Waals surface area contributed by atoms with E-state index in [9.17, 15) is 9.59 Å². The fraction of sp³-hybridized carbons (Fsp3) is 0.556. The molecule has 34 heavy (non-hydrogen) atoms. The predicted molar refractivity (Wildman–Crippen MR) is 134 cm³/mol. The molecule has 1 aliphatic carbocycles. The van der Waals surface area contributed by atoms with E-state index < -0.39 is 0 Å². The fourth-order valence-corrected chi connectivity index (χ4v) is 5.25. The van der Waals surface area contributed by atoms with Crippen molar-refractivity contribution in [3.05, 3.63) is 52.8 Å². The highest BCUT2D eigenvalue weighted by Gasteiger charge is 2.22. The van der Waals surface area contributed by atoms with Crippen molar-refractivity contribution in [2.24, 2.45) is 0 Å². The van der Waals surface area contributed by atoms with Crippen molar-refractivity contribution in [1.82, 2.24) is 14.8 Å². The minimum Gasteiger partial charge on any atom is -0.379 e. The lowest BCUT2D eigenvalue weighted by Crippen LogP contribution is -2.38. The van der Waals surface area contributed by atoms with Crippen molar-refractivity contribution in [3.8, 4) is 0 Å². The molecule has 4 rings (SSSR count). The number of nitrogens with zero attached hydrogens (tertiary/aromatic N) is 2. The lowest BCUT2D eigenvalue weighted by molar-refractivity contribution is -0.116. The average Bonchev–Trinajstić information content (AvgIpc) is 3.16. The van der Waals surface area contributed by atoms with Crippen LogP contribution in [0.1, 0.15) is 71.9 Å². The number of aromatic nitrogens is 1. The number of carbonyl (C=O) groups excluding carboxylic acids is 2. The summed E-state index contributed by atoms with van der Waals surface area (Å²) in [6.07, 6.45) is 6.70. The van der Waals surface area contributed by atoms with Gasteiger partial charge < -0.3 is 19.9 Å². The summed E-state index contributed by atoms with van der Waals surface area (Å²) in [5, 5.41) is 6.05. The topological polar surface area (TPSA) is 75.6 Å². The van der Waals surface area contributed by atoms with Crippen LogP contribution in [0.2, 0.25) is 0 Å². The molecule has 2 amide bonds. The third-order valence-corrected chi connectivity index (χ3v) is 7.09. The third-order valence-electron chi connectivity index (χ3n) is 7.09. The van der Waals surface area contributed by atoms with Gasteiger partial charge in [0, 0.05) is 55.7 Å². The van der Waals surface area contributed by atoms with Gasteiger partial charge in [-0.05, 0) is 50.5 Å². The van der Waals surface area contributed by atoms with E-state index in [1.54, 1.807) is 0 Å². The van der Waals surface area contributed by atoms with Crippen LogP contribution in [0.3, 0.4) is 0 Å². The van der Waals surface area contributed by atoms with Crippen LogP contribution in [0.25, 0.3) is 0 Å². The van der Waals surface area contributed by atoms with Gasteiger partial charge in [0.1, 0.15) is 0 Å². The molecule has 1 saturated carbocycles. The zero-order chi connectivity index (χ0) is 23.9. The minimum absolute atomic E-state index is 0.00262. The van der Waals surface area contributed by atoms with Gasteiger partial charge in [-0.3, -0.25) is 14.5 Å². The summed E-state index contributed by atoms with van der Waals surface area (Å²) < 4.78 is 7.71. The summed E-state index contributed by atoms with van der Waals surface area (Å²) >= 11 is 0. The van der Waals surface area contributed by atoms with Gasteiger partial charge >= 0.3 is 0 Å². The Bertz CT molecular complexity index is 988. The molecule has 7 heteroatoms. The first-order chi connectivity index (χ1) is 16.5. The summed E-state index contributed by atoms with van der Waals surface area (Å²) in [6.45, 7) is 8.55. The number of nitrogens with one attached hydrogen (secondary N) is 2. The van der Waals surface area contributed by atoms with Crippen LogP contribution in [-0.2, 0) is 16.1 Å². The van der Waals surface area contributed by atoms with Gasteiger partial charge in [-0.2, -0.15) is 0 Å². The summed E-state index contributed by atoms with van der Waals surface area (Å²) in [5.74, 6) is -0.0436. The number of hydrogen-bond acceptors (Lipinski definition) is 4. The van der Waals surface area contributed by atoms with E-state index in [2.05, 4.69) is 33.9 Å². The summed E-state index contributed by atoms with van der Waals surface area (Å²) in [6, 6.07) is 10.2. The van der Waals surface area contributed by atoms with Gasteiger partial charge in [0.05, 0.1) is 18.8 Å². The highest BCUT2D eigenvalue weighted by molar-refractivity contribution is 5.95. The van der Waals surface area contributed by atoms with E-state index in [4.69, 9.17) is 4.74 Å². The molecule has 0 radical (unpaired) electrons. The number of hydrogen-bond donors (Lipinski definition) is 2. The number of morpholine rings is 1. The van der Waals surface area contributed by atoms with Crippen LogP contribution in [0.5, 0.6) is 0 Å². The molecule has 2 aliphatic rings. The zero-order valence-electron chi connectivity index (χ0n) is 20.6. The number of rotatable bonds is 8. The number of amides is 2. The maximum Gasteiger partial charge on any atom is 0.253 e. The Labute approximate surface area is 202 Å². The number of ether oxygens (including phenoxy) is 1. The quantitative estimate of drug-likeness (QED) is 0.611. The van der Waals surface area contributed by atoms with Gasteiger partial charge in [0.25, 0.3) is 5.91 Å². The number of benzene rings is 1. The molecule has 0 unspecified atom stereocenters. The molecule has 1 aliphatic heterocycles. The Morgan fingerprint density at radius 3 is 2.59 bits per heavy atom. The second-order valence-corrected chi connectivity index (χ2v) is 9.58. The first-order valence-electron chi connectivity index (χ1n) is 12.7. The Hall–Kier alpha value is -2.64. The van der Waals surface area contributed by atoms with E-state index in [1.807, 2.05) is 30.3 Å². The van der Waals surface area contributed by atoms with Gasteiger partial charge in [-0.15, -0.1) is 0 Å². The van der Waals surface area contributed by atoms with Crippen molar-refractivity contribution < 1.29 is 14.3 Å².